The highest BCUT2D eigenvalue weighted by Crippen LogP contribution is 2.44. The van der Waals surface area contributed by atoms with Crippen molar-refractivity contribution < 1.29 is 33.5 Å². The second-order valence-electron chi connectivity index (χ2n) is 12.0. The molecule has 6 atom stereocenters. The van der Waals surface area contributed by atoms with Crippen LogP contribution in [0.4, 0.5) is 0 Å². The number of aliphatic hydroxyl groups is 1. The summed E-state index contributed by atoms with van der Waals surface area (Å²) in [5.41, 5.74) is 0. The Hall–Kier alpha value is -0.360. The third-order valence-corrected chi connectivity index (χ3v) is 7.41. The highest BCUT2D eigenvalue weighted by molar-refractivity contribution is 5.00. The molecule has 3 aliphatic heterocycles. The van der Waals surface area contributed by atoms with Crippen LogP contribution in [0.15, 0.2) is 0 Å². The Balaban J connectivity index is 1.18. The zero-order valence-electron chi connectivity index (χ0n) is 24.7. The van der Waals surface area contributed by atoms with Crippen LogP contribution in [0.2, 0.25) is 0 Å². The molecule has 0 bridgehead atoms. The SMILES string of the molecule is CCCCCCCCCCCCNCCNCC(O)COC[C@H]1O[C@@H]2OC(C)(C)O[C@@H]2[C@H]2OC(C)(C)O[C@H]21. The number of hydrogen-bond acceptors (Lipinski definition) is 9. The summed E-state index contributed by atoms with van der Waals surface area (Å²) in [4.78, 5) is 0. The summed E-state index contributed by atoms with van der Waals surface area (Å²) in [6.45, 7) is 13.6. The lowest BCUT2D eigenvalue weighted by Crippen LogP contribution is -2.56. The van der Waals surface area contributed by atoms with E-state index in [1.807, 2.05) is 27.7 Å². The number of ether oxygens (including phenoxy) is 6. The van der Waals surface area contributed by atoms with Crippen LogP contribution in [0, 0.1) is 0 Å². The van der Waals surface area contributed by atoms with Gasteiger partial charge in [0.2, 0.25) is 0 Å². The van der Waals surface area contributed by atoms with Gasteiger partial charge in [-0.2, -0.15) is 0 Å². The van der Waals surface area contributed by atoms with Gasteiger partial charge in [0, 0.05) is 19.6 Å². The molecule has 3 rings (SSSR count). The molecule has 0 spiro atoms. The predicted octanol–water partition coefficient (Wildman–Crippen LogP) is 3.86. The van der Waals surface area contributed by atoms with E-state index in [0.717, 1.165) is 19.6 Å². The summed E-state index contributed by atoms with van der Waals surface area (Å²) in [7, 11) is 0. The molecule has 38 heavy (non-hydrogen) atoms. The molecule has 3 heterocycles. The standard InChI is InChI=1S/C29H56N2O7/c1-6-7-8-9-10-11-12-13-14-15-16-30-17-18-31-19-22(32)20-33-21-23-24-25(36-28(2,3)35-24)26-27(34-23)38-29(4,5)37-26/h22-27,30-32H,6-21H2,1-5H3/t22?,23-,24+,25+,26-,27-/m1/s1. The third kappa shape index (κ3) is 10.9. The Labute approximate surface area is 231 Å². The molecule has 0 radical (unpaired) electrons. The van der Waals surface area contributed by atoms with E-state index in [1.54, 1.807) is 0 Å². The van der Waals surface area contributed by atoms with E-state index in [-0.39, 0.29) is 37.6 Å². The maximum absolute atomic E-state index is 10.3. The number of unbranched alkanes of at least 4 members (excludes halogenated alkanes) is 9. The Morgan fingerprint density at radius 2 is 1.29 bits per heavy atom. The predicted molar refractivity (Wildman–Crippen MR) is 147 cm³/mol. The van der Waals surface area contributed by atoms with E-state index in [9.17, 15) is 5.11 Å². The van der Waals surface area contributed by atoms with Gasteiger partial charge >= 0.3 is 0 Å². The molecule has 0 aromatic rings. The molecule has 0 aromatic carbocycles. The molecule has 3 aliphatic rings. The molecule has 1 unspecified atom stereocenters. The monoisotopic (exact) mass is 544 g/mol. The van der Waals surface area contributed by atoms with Gasteiger partial charge in [0.1, 0.15) is 24.4 Å². The van der Waals surface area contributed by atoms with Gasteiger partial charge in [-0.15, -0.1) is 0 Å². The fourth-order valence-corrected chi connectivity index (χ4v) is 5.51. The van der Waals surface area contributed by atoms with E-state index < -0.39 is 24.0 Å². The fraction of sp³-hybridized carbons (Fsp3) is 1.00. The van der Waals surface area contributed by atoms with Crippen LogP contribution >= 0.6 is 0 Å². The second kappa shape index (κ2) is 16.2. The Morgan fingerprint density at radius 3 is 2.00 bits per heavy atom. The Bertz CT molecular complexity index is 650. The first-order chi connectivity index (χ1) is 18.2. The fourth-order valence-electron chi connectivity index (χ4n) is 5.51. The number of nitrogens with one attached hydrogen (secondary N) is 2. The molecule has 0 saturated carbocycles. The topological polar surface area (TPSA) is 99.7 Å². The minimum atomic E-state index is -0.740. The van der Waals surface area contributed by atoms with Crippen LogP contribution in [-0.2, 0) is 28.4 Å². The molecule has 0 aromatic heterocycles. The largest absolute Gasteiger partial charge is 0.389 e. The molecule has 3 fully saturated rings. The molecule has 0 amide bonds. The summed E-state index contributed by atoms with van der Waals surface area (Å²) in [5.74, 6) is -1.47. The number of rotatable bonds is 20. The summed E-state index contributed by atoms with van der Waals surface area (Å²) in [6, 6.07) is 0. The van der Waals surface area contributed by atoms with Gasteiger partial charge in [-0.1, -0.05) is 64.7 Å². The van der Waals surface area contributed by atoms with E-state index in [1.165, 1.54) is 64.2 Å². The molecule has 9 heteroatoms. The number of fused-ring (bicyclic) bond motifs is 3. The first-order valence-electron chi connectivity index (χ1n) is 15.2. The van der Waals surface area contributed by atoms with Crippen molar-refractivity contribution in [1.29, 1.82) is 0 Å². The molecule has 3 N–H and O–H groups in total. The van der Waals surface area contributed by atoms with Gasteiger partial charge in [-0.05, 0) is 40.7 Å². The maximum atomic E-state index is 10.3. The molecule has 3 saturated heterocycles. The van der Waals surface area contributed by atoms with Crippen molar-refractivity contribution in [3.8, 4) is 0 Å². The van der Waals surface area contributed by atoms with Crippen molar-refractivity contribution >= 4 is 0 Å². The lowest BCUT2D eigenvalue weighted by atomic mass is 9.99. The van der Waals surface area contributed by atoms with E-state index in [0.29, 0.717) is 6.54 Å². The Kier molecular flexibility index (Phi) is 13.7. The minimum absolute atomic E-state index is 0.220. The van der Waals surface area contributed by atoms with Gasteiger partial charge in [0.25, 0.3) is 0 Å². The summed E-state index contributed by atoms with van der Waals surface area (Å²) in [6.07, 6.45) is 11.2. The summed E-state index contributed by atoms with van der Waals surface area (Å²) < 4.78 is 36.2. The van der Waals surface area contributed by atoms with Crippen molar-refractivity contribution in [2.75, 3.05) is 39.4 Å². The maximum Gasteiger partial charge on any atom is 0.190 e. The lowest BCUT2D eigenvalue weighted by molar-refractivity contribution is -0.243. The van der Waals surface area contributed by atoms with Crippen molar-refractivity contribution in [3.63, 3.8) is 0 Å². The van der Waals surface area contributed by atoms with Gasteiger partial charge in [-0.3, -0.25) is 0 Å². The van der Waals surface area contributed by atoms with Crippen LogP contribution in [0.5, 0.6) is 0 Å². The highest BCUT2D eigenvalue weighted by atomic mass is 16.9. The second-order valence-corrected chi connectivity index (χ2v) is 12.0. The van der Waals surface area contributed by atoms with Crippen LogP contribution < -0.4 is 10.6 Å². The van der Waals surface area contributed by atoms with E-state index in [2.05, 4.69) is 17.6 Å². The molecule has 9 nitrogen and oxygen atoms in total. The molecule has 224 valence electrons. The molecular formula is C29H56N2O7. The first-order valence-corrected chi connectivity index (χ1v) is 15.2. The van der Waals surface area contributed by atoms with Crippen molar-refractivity contribution in [2.24, 2.45) is 0 Å². The normalized spacial score (nSPS) is 30.3. The van der Waals surface area contributed by atoms with Crippen LogP contribution in [0.1, 0.15) is 98.8 Å². The summed E-state index contributed by atoms with van der Waals surface area (Å²) >= 11 is 0. The zero-order chi connectivity index (χ0) is 27.4. The Morgan fingerprint density at radius 1 is 0.711 bits per heavy atom. The number of aliphatic hydroxyl groups excluding tert-OH is 1. The van der Waals surface area contributed by atoms with Crippen molar-refractivity contribution in [2.45, 2.75) is 147 Å². The molecule has 0 aliphatic carbocycles. The third-order valence-electron chi connectivity index (χ3n) is 7.41. The molecular weight excluding hydrogens is 488 g/mol. The van der Waals surface area contributed by atoms with Gasteiger partial charge in [0.15, 0.2) is 17.9 Å². The quantitative estimate of drug-likeness (QED) is 0.197. The van der Waals surface area contributed by atoms with Gasteiger partial charge < -0.3 is 44.2 Å². The van der Waals surface area contributed by atoms with Crippen molar-refractivity contribution in [1.82, 2.24) is 10.6 Å². The first kappa shape index (κ1) is 32.2. The van der Waals surface area contributed by atoms with Gasteiger partial charge in [-0.25, -0.2) is 0 Å². The van der Waals surface area contributed by atoms with Gasteiger partial charge in [0.05, 0.1) is 19.3 Å². The van der Waals surface area contributed by atoms with E-state index in [4.69, 9.17) is 28.4 Å². The smallest absolute Gasteiger partial charge is 0.190 e. The highest BCUT2D eigenvalue weighted by Gasteiger charge is 2.60. The summed E-state index contributed by atoms with van der Waals surface area (Å²) in [5, 5.41) is 17.1. The lowest BCUT2D eigenvalue weighted by Gasteiger charge is -2.37. The zero-order valence-corrected chi connectivity index (χ0v) is 24.7. The average molecular weight is 545 g/mol. The van der Waals surface area contributed by atoms with Crippen LogP contribution in [-0.4, -0.2) is 92.9 Å². The number of hydrogen-bond donors (Lipinski definition) is 3. The van der Waals surface area contributed by atoms with Crippen LogP contribution in [0.3, 0.4) is 0 Å². The van der Waals surface area contributed by atoms with E-state index >= 15 is 0 Å². The van der Waals surface area contributed by atoms with Crippen LogP contribution in [0.25, 0.3) is 0 Å². The van der Waals surface area contributed by atoms with Crippen molar-refractivity contribution in [3.05, 3.63) is 0 Å². The minimum Gasteiger partial charge on any atom is -0.389 e. The average Bonchev–Trinajstić information content (AvgIpc) is 3.35.